The van der Waals surface area contributed by atoms with Crippen molar-refractivity contribution in [1.82, 2.24) is 4.90 Å². The Morgan fingerprint density at radius 2 is 1.67 bits per heavy atom. The van der Waals surface area contributed by atoms with E-state index in [0.29, 0.717) is 83.8 Å². The summed E-state index contributed by atoms with van der Waals surface area (Å²) in [5.74, 6) is -1.56. The lowest BCUT2D eigenvalue weighted by Crippen LogP contribution is -2.70. The smallest absolute Gasteiger partial charge is 0.410 e. The summed E-state index contributed by atoms with van der Waals surface area (Å²) in [4.78, 5) is 44.8. The summed E-state index contributed by atoms with van der Waals surface area (Å²) in [6, 6.07) is 21.3. The molecule has 0 bridgehead atoms. The third-order valence-corrected chi connectivity index (χ3v) is 12.8. The predicted octanol–water partition coefficient (Wildman–Crippen LogP) is 9.45. The zero-order valence-corrected chi connectivity index (χ0v) is 37.6. The summed E-state index contributed by atoms with van der Waals surface area (Å²) in [6.07, 6.45) is 7.82. The fraction of sp³-hybridized carbons (Fsp3) is 0.392. The van der Waals surface area contributed by atoms with Crippen LogP contribution in [-0.2, 0) is 27.5 Å². The number of hydrogen-bond donors (Lipinski definition) is 2. The molecule has 0 radical (unpaired) electrons. The van der Waals surface area contributed by atoms with Gasteiger partial charge in [0.05, 0.1) is 42.9 Å². The van der Waals surface area contributed by atoms with E-state index >= 15 is 0 Å². The maximum Gasteiger partial charge on any atom is 0.410 e. The molecule has 6 atom stereocenters. The first-order chi connectivity index (χ1) is 32.6. The highest BCUT2D eigenvalue weighted by Crippen LogP contribution is 2.62. The molecule has 2 aliphatic carbocycles. The summed E-state index contributed by atoms with van der Waals surface area (Å²) in [7, 11) is 2.76. The number of carbonyl (C=O) groups excluding carboxylic acids is 2. The molecule has 0 saturated heterocycles. The van der Waals surface area contributed by atoms with Crippen molar-refractivity contribution in [3.63, 3.8) is 0 Å². The Morgan fingerprint density at radius 1 is 0.970 bits per heavy atom. The molecule has 4 aromatic carbocycles. The van der Waals surface area contributed by atoms with Crippen LogP contribution >= 0.6 is 0 Å². The number of ether oxygens (including phenoxy) is 5. The lowest BCUT2D eigenvalue weighted by molar-refractivity contribution is -0.384. The molecule has 1 fully saturated rings. The molecule has 7 rings (SSSR count). The average molecular weight is 922 g/mol. The fourth-order valence-electron chi connectivity index (χ4n) is 9.82. The van der Waals surface area contributed by atoms with Gasteiger partial charge in [0, 0.05) is 49.8 Å². The molecule has 354 valence electrons. The second-order valence-corrected chi connectivity index (χ2v) is 16.8. The van der Waals surface area contributed by atoms with Crippen molar-refractivity contribution in [2.24, 2.45) is 22.9 Å². The maximum absolute atomic E-state index is 14.3. The van der Waals surface area contributed by atoms with Crippen LogP contribution < -0.4 is 14.2 Å². The Hall–Kier alpha value is -6.62. The van der Waals surface area contributed by atoms with Gasteiger partial charge < -0.3 is 38.7 Å². The number of nitro groups is 1. The number of methoxy groups -OCH3 is 2. The minimum atomic E-state index is -1.62. The highest BCUT2D eigenvalue weighted by molar-refractivity contribution is 6.03. The normalized spacial score (nSPS) is 22.0. The molecule has 1 amide bonds. The highest BCUT2D eigenvalue weighted by atomic mass is 19.1. The number of aliphatic hydroxyl groups is 2. The Labute approximate surface area is 388 Å². The number of rotatable bonds is 22. The summed E-state index contributed by atoms with van der Waals surface area (Å²) < 4.78 is 45.8. The Balaban J connectivity index is 1.44. The Morgan fingerprint density at radius 3 is 2.34 bits per heavy atom. The predicted molar refractivity (Wildman–Crippen MR) is 246 cm³/mol. The van der Waals surface area contributed by atoms with Gasteiger partial charge in [0.2, 0.25) is 5.79 Å². The largest absolute Gasteiger partial charge is 0.496 e. The molecule has 4 aromatic rings. The van der Waals surface area contributed by atoms with Crippen LogP contribution in [0, 0.1) is 33.7 Å². The molecule has 1 saturated carbocycles. The monoisotopic (exact) mass is 921 g/mol. The summed E-state index contributed by atoms with van der Waals surface area (Å²) in [6.45, 7) is 3.98. The van der Waals surface area contributed by atoms with E-state index in [-0.39, 0.29) is 56.9 Å². The number of allylic oxidation sites excluding steroid dienone is 1. The van der Waals surface area contributed by atoms with Crippen molar-refractivity contribution >= 4 is 23.8 Å². The number of oxime groups is 1. The second kappa shape index (κ2) is 22.2. The first kappa shape index (κ1) is 48.3. The van der Waals surface area contributed by atoms with E-state index in [1.165, 1.54) is 43.4 Å². The second-order valence-electron chi connectivity index (χ2n) is 16.8. The van der Waals surface area contributed by atoms with E-state index in [9.17, 15) is 34.3 Å². The van der Waals surface area contributed by atoms with Crippen LogP contribution in [0.3, 0.4) is 0 Å². The molecule has 15 nitrogen and oxygen atoms in total. The lowest BCUT2D eigenvalue weighted by Gasteiger charge is -2.59. The number of nitro benzene ring substituents is 1. The molecule has 16 heteroatoms. The van der Waals surface area contributed by atoms with Crippen molar-refractivity contribution < 1.29 is 57.6 Å². The van der Waals surface area contributed by atoms with Crippen LogP contribution in [0.2, 0.25) is 0 Å². The number of halogens is 1. The lowest BCUT2D eigenvalue weighted by atomic mass is 9.55. The zero-order valence-electron chi connectivity index (χ0n) is 37.6. The molecule has 1 heterocycles. The molecule has 1 aliphatic heterocycles. The van der Waals surface area contributed by atoms with Gasteiger partial charge in [-0.3, -0.25) is 19.8 Å². The topological polar surface area (TPSA) is 189 Å². The molecule has 0 spiro atoms. The number of aldehydes is 1. The van der Waals surface area contributed by atoms with Crippen LogP contribution in [0.25, 0.3) is 0 Å². The molecular formula is C51H56FN3O12. The van der Waals surface area contributed by atoms with Crippen molar-refractivity contribution in [3.05, 3.63) is 147 Å². The van der Waals surface area contributed by atoms with Gasteiger partial charge in [0.1, 0.15) is 41.5 Å². The molecular weight excluding hydrogens is 866 g/mol. The average Bonchev–Trinajstić information content (AvgIpc) is 3.34. The Kier molecular flexibility index (Phi) is 16.0. The first-order valence-electron chi connectivity index (χ1n) is 22.4. The number of carbonyl (C=O) groups is 2. The van der Waals surface area contributed by atoms with E-state index in [4.69, 9.17) is 33.7 Å². The van der Waals surface area contributed by atoms with Gasteiger partial charge in [-0.2, -0.15) is 0 Å². The van der Waals surface area contributed by atoms with E-state index in [2.05, 4.69) is 12.7 Å². The summed E-state index contributed by atoms with van der Waals surface area (Å²) >= 11 is 0. The van der Waals surface area contributed by atoms with Gasteiger partial charge >= 0.3 is 6.09 Å². The van der Waals surface area contributed by atoms with E-state index < -0.39 is 40.5 Å². The number of fused-ring (bicyclic) bond motifs is 2. The number of non-ortho nitro benzene ring substituents is 1. The highest BCUT2D eigenvalue weighted by Gasteiger charge is 2.65. The van der Waals surface area contributed by atoms with Gasteiger partial charge in [0.15, 0.2) is 6.29 Å². The van der Waals surface area contributed by atoms with Crippen LogP contribution in [0.15, 0.2) is 114 Å². The molecule has 3 aliphatic rings. The van der Waals surface area contributed by atoms with Gasteiger partial charge in [-0.25, -0.2) is 9.18 Å². The van der Waals surface area contributed by atoms with E-state index in [1.807, 2.05) is 12.1 Å². The minimum absolute atomic E-state index is 0.00818. The van der Waals surface area contributed by atoms with Crippen LogP contribution in [0.4, 0.5) is 14.9 Å². The fourth-order valence-corrected chi connectivity index (χ4v) is 9.82. The number of nitrogens with zero attached hydrogens (tertiary/aromatic N) is 3. The third kappa shape index (κ3) is 10.7. The number of unbranched alkanes of at least 4 members (excludes halogenated alkanes) is 2. The van der Waals surface area contributed by atoms with Crippen molar-refractivity contribution in [2.75, 3.05) is 34.0 Å². The number of aliphatic hydroxyl groups excluding tert-OH is 2. The van der Waals surface area contributed by atoms with Gasteiger partial charge in [-0.05, 0) is 115 Å². The van der Waals surface area contributed by atoms with Gasteiger partial charge in [-0.1, -0.05) is 42.3 Å². The van der Waals surface area contributed by atoms with E-state index in [0.717, 1.165) is 17.6 Å². The number of benzene rings is 4. The zero-order chi connectivity index (χ0) is 47.5. The minimum Gasteiger partial charge on any atom is -0.496 e. The Bertz CT molecular complexity index is 2440. The SMILES string of the molecule is C=CCOC12Oc3ccc(Oc4ccc(OC)c(C=O)c4)cc3C3C(CCCCO)C(CCCCO)C=C(C(=NOCc4ccc([N+](=O)[O-])cc4)CC1N(Cc1ccc(F)cc1)C(=O)OC)C32. The third-order valence-electron chi connectivity index (χ3n) is 12.8. The number of amides is 1. The molecule has 0 aromatic heterocycles. The van der Waals surface area contributed by atoms with Gasteiger partial charge in [0.25, 0.3) is 5.69 Å². The van der Waals surface area contributed by atoms with Crippen LogP contribution in [0.5, 0.6) is 23.0 Å². The van der Waals surface area contributed by atoms with E-state index in [1.54, 1.807) is 54.6 Å². The van der Waals surface area contributed by atoms with Crippen molar-refractivity contribution in [2.45, 2.75) is 75.8 Å². The van der Waals surface area contributed by atoms with Gasteiger partial charge in [-0.15, -0.1) is 6.58 Å². The quantitative estimate of drug-likeness (QED) is 0.0250. The molecule has 2 N–H and O–H groups in total. The summed E-state index contributed by atoms with van der Waals surface area (Å²) in [5, 5.41) is 36.1. The molecule has 6 unspecified atom stereocenters. The van der Waals surface area contributed by atoms with Crippen LogP contribution in [-0.4, -0.2) is 84.0 Å². The van der Waals surface area contributed by atoms with Crippen LogP contribution in [0.1, 0.15) is 77.9 Å². The maximum atomic E-state index is 14.3. The number of hydrogen-bond acceptors (Lipinski definition) is 13. The molecule has 67 heavy (non-hydrogen) atoms. The van der Waals surface area contributed by atoms with Crippen molar-refractivity contribution in [3.8, 4) is 23.0 Å². The first-order valence-corrected chi connectivity index (χ1v) is 22.4. The standard InChI is InChI=1S/C51H56FN3O12/c1-4-25-64-51-47(54(50(59)63-3)30-33-11-15-37(52)16-12-33)29-44(53-65-32-34-13-17-38(18-14-34)55(60)61)42-27-35(9-5-7-23-56)41(10-6-8-24-57)48(49(42)51)43-28-40(20-22-46(43)67-51)66-39-19-21-45(62-2)36(26-39)31-58/h4,11-22,26-28,31,35,41,47-49,56-57H,1,5-10,23-25,29-30,32H2,2-3H3. The van der Waals surface area contributed by atoms with Crippen molar-refractivity contribution in [1.29, 1.82) is 0 Å². The summed E-state index contributed by atoms with van der Waals surface area (Å²) in [5.41, 5.74) is 3.58.